The summed E-state index contributed by atoms with van der Waals surface area (Å²) in [6.45, 7) is 0. The maximum Gasteiger partial charge on any atom is 0.348 e. The number of amides is 1. The van der Waals surface area contributed by atoms with Gasteiger partial charge < -0.3 is 5.32 Å². The Labute approximate surface area is 130 Å². The van der Waals surface area contributed by atoms with Crippen LogP contribution < -0.4 is 11.0 Å². The standard InChI is InChI=1S/C16H11N5O2/c17-10-11-5-4-6-12(9-11)18-15(22)14-19-16(23)21(20-14)13-7-2-1-3-8-13/h1-9H,(H,18,22)(H,19,20,23). The Balaban J connectivity index is 1.86. The first-order chi connectivity index (χ1) is 11.2. The van der Waals surface area contributed by atoms with E-state index in [1.54, 1.807) is 42.5 Å². The summed E-state index contributed by atoms with van der Waals surface area (Å²) in [5, 5.41) is 15.4. The minimum Gasteiger partial charge on any atom is -0.319 e. The maximum absolute atomic E-state index is 12.2. The molecule has 3 aromatic rings. The number of hydrogen-bond acceptors (Lipinski definition) is 4. The summed E-state index contributed by atoms with van der Waals surface area (Å²) in [5.41, 5.74) is 0.918. The second-order valence-corrected chi connectivity index (χ2v) is 4.67. The van der Waals surface area contributed by atoms with E-state index in [-0.39, 0.29) is 5.82 Å². The molecule has 0 saturated heterocycles. The van der Waals surface area contributed by atoms with Crippen LogP contribution in [0, 0.1) is 11.3 Å². The van der Waals surface area contributed by atoms with Crippen molar-refractivity contribution in [2.45, 2.75) is 0 Å². The molecule has 23 heavy (non-hydrogen) atoms. The van der Waals surface area contributed by atoms with E-state index in [2.05, 4.69) is 15.4 Å². The van der Waals surface area contributed by atoms with Crippen LogP contribution in [-0.4, -0.2) is 20.7 Å². The Morgan fingerprint density at radius 1 is 1.17 bits per heavy atom. The number of nitrogens with zero attached hydrogens (tertiary/aromatic N) is 3. The highest BCUT2D eigenvalue weighted by Gasteiger charge is 2.14. The van der Waals surface area contributed by atoms with Gasteiger partial charge in [-0.25, -0.2) is 4.79 Å². The number of rotatable bonds is 3. The van der Waals surface area contributed by atoms with Crippen LogP contribution in [-0.2, 0) is 0 Å². The number of H-pyrrole nitrogens is 1. The Morgan fingerprint density at radius 3 is 2.70 bits per heavy atom. The number of aromatic nitrogens is 3. The van der Waals surface area contributed by atoms with Crippen LogP contribution in [0.25, 0.3) is 5.69 Å². The number of carbonyl (C=O) groups excluding carboxylic acids is 1. The number of aromatic amines is 1. The molecular formula is C16H11N5O2. The molecule has 112 valence electrons. The molecule has 1 amide bonds. The predicted octanol–water partition coefficient (Wildman–Crippen LogP) is 1.68. The second kappa shape index (κ2) is 5.99. The number of nitrogens with one attached hydrogen (secondary N) is 2. The first kappa shape index (κ1) is 14.3. The van der Waals surface area contributed by atoms with Gasteiger partial charge in [-0.3, -0.25) is 9.78 Å². The number of carbonyl (C=O) groups is 1. The molecule has 0 fully saturated rings. The van der Waals surface area contributed by atoms with Crippen LogP contribution in [0.1, 0.15) is 16.2 Å². The van der Waals surface area contributed by atoms with Crippen molar-refractivity contribution in [3.05, 3.63) is 76.5 Å². The van der Waals surface area contributed by atoms with Crippen molar-refractivity contribution in [2.75, 3.05) is 5.32 Å². The molecule has 0 bridgehead atoms. The third-order valence-corrected chi connectivity index (χ3v) is 3.08. The summed E-state index contributed by atoms with van der Waals surface area (Å²) in [6, 6.07) is 17.2. The van der Waals surface area contributed by atoms with Crippen LogP contribution in [0.4, 0.5) is 5.69 Å². The zero-order valence-electron chi connectivity index (χ0n) is 11.9. The highest BCUT2D eigenvalue weighted by atomic mass is 16.2. The molecule has 0 aliphatic heterocycles. The average molecular weight is 305 g/mol. The number of anilines is 1. The molecule has 0 radical (unpaired) electrons. The van der Waals surface area contributed by atoms with Gasteiger partial charge in [0.1, 0.15) is 0 Å². The fourth-order valence-corrected chi connectivity index (χ4v) is 2.03. The topological polar surface area (TPSA) is 104 Å². The van der Waals surface area contributed by atoms with E-state index in [0.717, 1.165) is 4.68 Å². The third-order valence-electron chi connectivity index (χ3n) is 3.08. The van der Waals surface area contributed by atoms with Crippen LogP contribution in [0.3, 0.4) is 0 Å². The molecule has 2 aromatic carbocycles. The smallest absolute Gasteiger partial charge is 0.319 e. The molecule has 0 atom stereocenters. The van der Waals surface area contributed by atoms with E-state index >= 15 is 0 Å². The van der Waals surface area contributed by atoms with E-state index in [9.17, 15) is 9.59 Å². The Hall–Kier alpha value is -3.66. The Morgan fingerprint density at radius 2 is 1.96 bits per heavy atom. The first-order valence-corrected chi connectivity index (χ1v) is 6.73. The highest BCUT2D eigenvalue weighted by molar-refractivity contribution is 6.01. The van der Waals surface area contributed by atoms with Gasteiger partial charge in [0, 0.05) is 5.69 Å². The van der Waals surface area contributed by atoms with Gasteiger partial charge in [0.15, 0.2) is 0 Å². The lowest BCUT2D eigenvalue weighted by atomic mass is 10.2. The lowest BCUT2D eigenvalue weighted by molar-refractivity contribution is 0.101. The Bertz CT molecular complexity index is 950. The van der Waals surface area contributed by atoms with Crippen molar-refractivity contribution in [3.63, 3.8) is 0 Å². The van der Waals surface area contributed by atoms with E-state index in [1.165, 1.54) is 6.07 Å². The molecule has 7 heteroatoms. The van der Waals surface area contributed by atoms with Crippen LogP contribution >= 0.6 is 0 Å². The quantitative estimate of drug-likeness (QED) is 0.768. The fourth-order valence-electron chi connectivity index (χ4n) is 2.03. The molecule has 0 spiro atoms. The van der Waals surface area contributed by atoms with Crippen molar-refractivity contribution in [2.24, 2.45) is 0 Å². The Kier molecular flexibility index (Phi) is 3.72. The summed E-state index contributed by atoms with van der Waals surface area (Å²) in [7, 11) is 0. The number of benzene rings is 2. The van der Waals surface area contributed by atoms with Crippen LogP contribution in [0.2, 0.25) is 0 Å². The molecule has 0 aliphatic carbocycles. The minimum absolute atomic E-state index is 0.110. The predicted molar refractivity (Wildman–Crippen MR) is 83.3 cm³/mol. The third kappa shape index (κ3) is 3.01. The van der Waals surface area contributed by atoms with Crippen LogP contribution in [0.5, 0.6) is 0 Å². The van der Waals surface area contributed by atoms with E-state index in [4.69, 9.17) is 5.26 Å². The molecular weight excluding hydrogens is 294 g/mol. The summed E-state index contributed by atoms with van der Waals surface area (Å²) in [6.07, 6.45) is 0. The maximum atomic E-state index is 12.2. The van der Waals surface area contributed by atoms with Gasteiger partial charge in [-0.2, -0.15) is 9.94 Å². The van der Waals surface area contributed by atoms with Crippen molar-refractivity contribution in [1.82, 2.24) is 14.8 Å². The highest BCUT2D eigenvalue weighted by Crippen LogP contribution is 2.10. The van der Waals surface area contributed by atoms with E-state index in [1.807, 2.05) is 12.1 Å². The van der Waals surface area contributed by atoms with Gasteiger partial charge >= 0.3 is 5.69 Å². The van der Waals surface area contributed by atoms with Crippen LogP contribution in [0.15, 0.2) is 59.4 Å². The van der Waals surface area contributed by atoms with E-state index in [0.29, 0.717) is 16.9 Å². The van der Waals surface area contributed by atoms with Crippen molar-refractivity contribution in [1.29, 1.82) is 5.26 Å². The largest absolute Gasteiger partial charge is 0.348 e. The van der Waals surface area contributed by atoms with Gasteiger partial charge in [0.25, 0.3) is 5.91 Å². The van der Waals surface area contributed by atoms with Crippen molar-refractivity contribution < 1.29 is 4.79 Å². The monoisotopic (exact) mass is 305 g/mol. The molecule has 2 N–H and O–H groups in total. The normalized spacial score (nSPS) is 10.0. The van der Waals surface area contributed by atoms with Gasteiger partial charge in [-0.05, 0) is 30.3 Å². The summed E-state index contributed by atoms with van der Waals surface area (Å²) >= 11 is 0. The van der Waals surface area contributed by atoms with Gasteiger partial charge in [0.05, 0.1) is 17.3 Å². The minimum atomic E-state index is -0.563. The molecule has 0 unspecified atom stereocenters. The van der Waals surface area contributed by atoms with Gasteiger partial charge in [0.2, 0.25) is 5.82 Å². The van der Waals surface area contributed by atoms with Crippen molar-refractivity contribution in [3.8, 4) is 11.8 Å². The summed E-state index contributed by atoms with van der Waals surface area (Å²) in [5.74, 6) is -0.673. The summed E-state index contributed by atoms with van der Waals surface area (Å²) < 4.78 is 1.11. The fraction of sp³-hybridized carbons (Fsp3) is 0. The molecule has 3 rings (SSSR count). The first-order valence-electron chi connectivity index (χ1n) is 6.73. The molecule has 7 nitrogen and oxygen atoms in total. The number of nitriles is 1. The van der Waals surface area contributed by atoms with E-state index < -0.39 is 11.6 Å². The van der Waals surface area contributed by atoms with Gasteiger partial charge in [-0.1, -0.05) is 24.3 Å². The molecule has 0 saturated carbocycles. The van der Waals surface area contributed by atoms with Crippen molar-refractivity contribution >= 4 is 11.6 Å². The molecule has 1 heterocycles. The number of para-hydroxylation sites is 1. The lowest BCUT2D eigenvalue weighted by Crippen LogP contribution is -2.15. The summed E-state index contributed by atoms with van der Waals surface area (Å²) in [4.78, 5) is 26.5. The molecule has 1 aromatic heterocycles. The SMILES string of the molecule is N#Cc1cccc(NC(=O)c2nn(-c3ccccc3)c(=O)[nH]2)c1. The lowest BCUT2D eigenvalue weighted by Gasteiger charge is -2.02. The van der Waals surface area contributed by atoms with Gasteiger partial charge in [-0.15, -0.1) is 5.10 Å². The zero-order valence-corrected chi connectivity index (χ0v) is 11.9. The zero-order chi connectivity index (χ0) is 16.2. The number of hydrogen-bond donors (Lipinski definition) is 2. The average Bonchev–Trinajstić information content (AvgIpc) is 2.98. The molecule has 0 aliphatic rings. The second-order valence-electron chi connectivity index (χ2n) is 4.67.